The van der Waals surface area contributed by atoms with Gasteiger partial charge in [0.1, 0.15) is 0 Å². The monoisotopic (exact) mass is 420 g/mol. The minimum absolute atomic E-state index is 0.0210. The third-order valence-electron chi connectivity index (χ3n) is 4.35. The number of ether oxygens (including phenoxy) is 2. The molecule has 0 spiro atoms. The molecule has 0 aromatic heterocycles. The molecule has 1 aliphatic rings. The molecule has 0 bridgehead atoms. The maximum Gasteiger partial charge on any atom is 0.255 e. The first-order chi connectivity index (χ1) is 13.5. The summed E-state index contributed by atoms with van der Waals surface area (Å²) in [6.45, 7) is 5.85. The SMILES string of the molecule is COc1cc(C(=O)Nc2ccc(N3CCSCC3)c(Cl)c2)ccc1OC(C)C. The smallest absolute Gasteiger partial charge is 0.255 e. The molecule has 0 aliphatic carbocycles. The Kier molecular flexibility index (Phi) is 6.97. The van der Waals surface area contributed by atoms with Gasteiger partial charge in [-0.05, 0) is 50.2 Å². The minimum atomic E-state index is -0.229. The largest absolute Gasteiger partial charge is 0.493 e. The van der Waals surface area contributed by atoms with Gasteiger partial charge >= 0.3 is 0 Å². The fraction of sp³-hybridized carbons (Fsp3) is 0.381. The zero-order valence-electron chi connectivity index (χ0n) is 16.3. The van der Waals surface area contributed by atoms with Crippen LogP contribution >= 0.6 is 23.4 Å². The summed E-state index contributed by atoms with van der Waals surface area (Å²) < 4.78 is 11.1. The molecule has 1 fully saturated rings. The van der Waals surface area contributed by atoms with E-state index in [1.807, 2.05) is 37.7 Å². The molecule has 7 heteroatoms. The highest BCUT2D eigenvalue weighted by molar-refractivity contribution is 7.99. The van der Waals surface area contributed by atoms with Crippen LogP contribution in [0.1, 0.15) is 24.2 Å². The Balaban J connectivity index is 1.73. The lowest BCUT2D eigenvalue weighted by atomic mass is 10.1. The number of nitrogens with one attached hydrogen (secondary N) is 1. The fourth-order valence-electron chi connectivity index (χ4n) is 3.01. The molecule has 150 valence electrons. The number of amides is 1. The highest BCUT2D eigenvalue weighted by Crippen LogP contribution is 2.32. The van der Waals surface area contributed by atoms with Gasteiger partial charge in [-0.3, -0.25) is 4.79 Å². The molecule has 2 aromatic carbocycles. The molecule has 28 heavy (non-hydrogen) atoms. The number of methoxy groups -OCH3 is 1. The van der Waals surface area contributed by atoms with Crippen molar-refractivity contribution in [3.8, 4) is 11.5 Å². The normalized spacial score (nSPS) is 14.1. The Labute approximate surface area is 175 Å². The van der Waals surface area contributed by atoms with Crippen LogP contribution in [0.4, 0.5) is 11.4 Å². The van der Waals surface area contributed by atoms with Gasteiger partial charge in [-0.2, -0.15) is 11.8 Å². The Hall–Kier alpha value is -2.05. The number of rotatable bonds is 6. The van der Waals surface area contributed by atoms with Crippen molar-refractivity contribution in [1.29, 1.82) is 0 Å². The van der Waals surface area contributed by atoms with Gasteiger partial charge in [0.25, 0.3) is 5.91 Å². The number of anilines is 2. The summed E-state index contributed by atoms with van der Waals surface area (Å²) in [5.74, 6) is 3.12. The van der Waals surface area contributed by atoms with Gasteiger partial charge in [0, 0.05) is 35.8 Å². The average Bonchev–Trinajstić information content (AvgIpc) is 2.68. The van der Waals surface area contributed by atoms with Crippen molar-refractivity contribution in [2.24, 2.45) is 0 Å². The van der Waals surface area contributed by atoms with Crippen LogP contribution in [0.15, 0.2) is 36.4 Å². The van der Waals surface area contributed by atoms with Gasteiger partial charge in [-0.25, -0.2) is 0 Å². The Bertz CT molecular complexity index is 838. The van der Waals surface area contributed by atoms with E-state index in [2.05, 4.69) is 10.2 Å². The van der Waals surface area contributed by atoms with Crippen molar-refractivity contribution in [2.75, 3.05) is 41.9 Å². The summed E-state index contributed by atoms with van der Waals surface area (Å²) in [5.41, 5.74) is 2.16. The van der Waals surface area contributed by atoms with Crippen LogP contribution in [-0.4, -0.2) is 43.7 Å². The second-order valence-electron chi connectivity index (χ2n) is 6.75. The molecule has 5 nitrogen and oxygen atoms in total. The number of halogens is 1. The summed E-state index contributed by atoms with van der Waals surface area (Å²) in [7, 11) is 1.56. The maximum atomic E-state index is 12.6. The van der Waals surface area contributed by atoms with Crippen LogP contribution in [0.25, 0.3) is 0 Å². The molecule has 0 saturated carbocycles. The van der Waals surface area contributed by atoms with E-state index >= 15 is 0 Å². The average molecular weight is 421 g/mol. The molecule has 1 amide bonds. The maximum absolute atomic E-state index is 12.6. The first-order valence-electron chi connectivity index (χ1n) is 9.26. The molecule has 1 heterocycles. The first-order valence-corrected chi connectivity index (χ1v) is 10.8. The van der Waals surface area contributed by atoms with Crippen LogP contribution < -0.4 is 19.7 Å². The predicted molar refractivity (Wildman–Crippen MR) is 118 cm³/mol. The summed E-state index contributed by atoms with van der Waals surface area (Å²) in [6.07, 6.45) is 0.0210. The molecule has 0 atom stereocenters. The third-order valence-corrected chi connectivity index (χ3v) is 5.59. The van der Waals surface area contributed by atoms with E-state index in [0.717, 1.165) is 30.3 Å². The van der Waals surface area contributed by atoms with Crippen molar-refractivity contribution < 1.29 is 14.3 Å². The number of hydrogen-bond donors (Lipinski definition) is 1. The number of thioether (sulfide) groups is 1. The number of carbonyl (C=O) groups excluding carboxylic acids is 1. The van der Waals surface area contributed by atoms with Crippen LogP contribution in [0.2, 0.25) is 5.02 Å². The topological polar surface area (TPSA) is 50.8 Å². The first kappa shape index (κ1) is 20.7. The van der Waals surface area contributed by atoms with E-state index in [9.17, 15) is 4.79 Å². The van der Waals surface area contributed by atoms with Gasteiger partial charge in [0.05, 0.1) is 23.9 Å². The third kappa shape index (κ3) is 5.06. The predicted octanol–water partition coefficient (Wildman–Crippen LogP) is 4.94. The zero-order valence-corrected chi connectivity index (χ0v) is 17.9. The quantitative estimate of drug-likeness (QED) is 0.717. The summed E-state index contributed by atoms with van der Waals surface area (Å²) in [4.78, 5) is 14.9. The van der Waals surface area contributed by atoms with Gasteiger partial charge in [-0.1, -0.05) is 11.6 Å². The molecule has 0 radical (unpaired) electrons. The summed E-state index contributed by atoms with van der Waals surface area (Å²) in [5, 5.41) is 3.54. The standard InChI is InChI=1S/C21H25ClN2O3S/c1-14(2)27-19-7-4-15(12-20(19)26-3)21(25)23-16-5-6-18(17(22)13-16)24-8-10-28-11-9-24/h4-7,12-14H,8-11H2,1-3H3,(H,23,25). The summed E-state index contributed by atoms with van der Waals surface area (Å²) >= 11 is 8.43. The van der Waals surface area contributed by atoms with Crippen molar-refractivity contribution in [1.82, 2.24) is 0 Å². The summed E-state index contributed by atoms with van der Waals surface area (Å²) in [6, 6.07) is 10.8. The number of benzene rings is 2. The van der Waals surface area contributed by atoms with Gasteiger partial charge in [0.15, 0.2) is 11.5 Å². The van der Waals surface area contributed by atoms with E-state index in [-0.39, 0.29) is 12.0 Å². The highest BCUT2D eigenvalue weighted by atomic mass is 35.5. The van der Waals surface area contributed by atoms with Crippen LogP contribution in [0.3, 0.4) is 0 Å². The van der Waals surface area contributed by atoms with Gasteiger partial charge in [-0.15, -0.1) is 0 Å². The number of hydrogen-bond acceptors (Lipinski definition) is 5. The lowest BCUT2D eigenvalue weighted by Gasteiger charge is -2.29. The fourth-order valence-corrected chi connectivity index (χ4v) is 4.21. The molecular formula is C21H25ClN2O3S. The van der Waals surface area contributed by atoms with Crippen molar-refractivity contribution in [2.45, 2.75) is 20.0 Å². The van der Waals surface area contributed by atoms with E-state index < -0.39 is 0 Å². The molecule has 2 aromatic rings. The van der Waals surface area contributed by atoms with E-state index in [0.29, 0.717) is 27.8 Å². The molecule has 0 unspecified atom stereocenters. The van der Waals surface area contributed by atoms with Crippen molar-refractivity contribution in [3.63, 3.8) is 0 Å². The van der Waals surface area contributed by atoms with Crippen molar-refractivity contribution >= 4 is 40.6 Å². The molecule has 1 N–H and O–H groups in total. The van der Waals surface area contributed by atoms with Crippen LogP contribution in [0.5, 0.6) is 11.5 Å². The Morgan fingerprint density at radius 2 is 1.89 bits per heavy atom. The Morgan fingerprint density at radius 3 is 2.54 bits per heavy atom. The number of carbonyl (C=O) groups is 1. The van der Waals surface area contributed by atoms with Crippen LogP contribution in [-0.2, 0) is 0 Å². The highest BCUT2D eigenvalue weighted by Gasteiger charge is 2.16. The molecule has 1 aliphatic heterocycles. The van der Waals surface area contributed by atoms with Gasteiger partial charge in [0.2, 0.25) is 0 Å². The van der Waals surface area contributed by atoms with Gasteiger partial charge < -0.3 is 19.7 Å². The lowest BCUT2D eigenvalue weighted by molar-refractivity contribution is 0.102. The van der Waals surface area contributed by atoms with E-state index in [4.69, 9.17) is 21.1 Å². The second-order valence-corrected chi connectivity index (χ2v) is 8.38. The number of nitrogens with zero attached hydrogens (tertiary/aromatic N) is 1. The zero-order chi connectivity index (χ0) is 20.1. The molecule has 3 rings (SSSR count). The van der Waals surface area contributed by atoms with E-state index in [1.165, 1.54) is 0 Å². The lowest BCUT2D eigenvalue weighted by Crippen LogP contribution is -2.32. The van der Waals surface area contributed by atoms with Crippen molar-refractivity contribution in [3.05, 3.63) is 47.0 Å². The minimum Gasteiger partial charge on any atom is -0.493 e. The molecule has 1 saturated heterocycles. The molecular weight excluding hydrogens is 396 g/mol. The Morgan fingerprint density at radius 1 is 1.14 bits per heavy atom. The second kappa shape index (κ2) is 9.43. The van der Waals surface area contributed by atoms with Crippen LogP contribution in [0, 0.1) is 0 Å². The van der Waals surface area contributed by atoms with E-state index in [1.54, 1.807) is 31.4 Å².